The number of nitrogens with zero attached hydrogens (tertiary/aromatic N) is 3. The predicted octanol–water partition coefficient (Wildman–Crippen LogP) is -0.142. The molecule has 0 fully saturated rings. The molecule has 14 heavy (non-hydrogen) atoms. The highest BCUT2D eigenvalue weighted by Crippen LogP contribution is 2.03. The van der Waals surface area contributed by atoms with Gasteiger partial charge in [0.25, 0.3) is 5.56 Å². The minimum Gasteiger partial charge on any atom is -0.368 e. The fourth-order valence-electron chi connectivity index (χ4n) is 1.15. The molecule has 0 aliphatic carbocycles. The maximum absolute atomic E-state index is 11.5. The van der Waals surface area contributed by atoms with Crippen molar-refractivity contribution in [3.05, 3.63) is 22.4 Å². The second-order valence-electron chi connectivity index (χ2n) is 2.83. The van der Waals surface area contributed by atoms with E-state index in [9.17, 15) is 4.79 Å². The first-order chi connectivity index (χ1) is 6.70. The number of nitrogens with two attached hydrogens (primary N) is 1. The molecule has 6 nitrogen and oxygen atoms in total. The van der Waals surface area contributed by atoms with Gasteiger partial charge in [0, 0.05) is 12.6 Å². The fourth-order valence-corrected chi connectivity index (χ4v) is 1.15. The topological polar surface area (TPSA) is 97.5 Å². The lowest BCUT2D eigenvalue weighted by atomic mass is 10.4. The first-order valence-electron chi connectivity index (χ1n) is 4.22. The van der Waals surface area contributed by atoms with Crippen LogP contribution in [-0.4, -0.2) is 19.9 Å². The van der Waals surface area contributed by atoms with Gasteiger partial charge in [-0.15, -0.1) is 0 Å². The number of aromatic nitrogens is 4. The van der Waals surface area contributed by atoms with Crippen LogP contribution in [0.3, 0.4) is 0 Å². The Bertz CT molecular complexity index is 533. The molecule has 0 radical (unpaired) electrons. The Hall–Kier alpha value is -1.98. The van der Waals surface area contributed by atoms with E-state index in [1.54, 1.807) is 0 Å². The van der Waals surface area contributed by atoms with E-state index >= 15 is 0 Å². The van der Waals surface area contributed by atoms with Crippen LogP contribution < -0.4 is 11.3 Å². The highest BCUT2D eigenvalue weighted by Gasteiger charge is 2.04. The van der Waals surface area contributed by atoms with Gasteiger partial charge in [-0.2, -0.15) is 4.98 Å². The third kappa shape index (κ3) is 1.30. The molecule has 0 atom stereocenters. The van der Waals surface area contributed by atoms with Gasteiger partial charge in [0.05, 0.1) is 0 Å². The first kappa shape index (κ1) is 8.61. The van der Waals surface area contributed by atoms with Gasteiger partial charge in [0.15, 0.2) is 5.65 Å². The molecule has 2 rings (SSSR count). The van der Waals surface area contributed by atoms with Crippen LogP contribution in [0.25, 0.3) is 11.0 Å². The third-order valence-corrected chi connectivity index (χ3v) is 1.87. The van der Waals surface area contributed by atoms with Crippen molar-refractivity contribution in [3.8, 4) is 0 Å². The van der Waals surface area contributed by atoms with Crippen molar-refractivity contribution in [3.63, 3.8) is 0 Å². The summed E-state index contributed by atoms with van der Waals surface area (Å²) in [5.74, 6) is 0.721. The quantitative estimate of drug-likeness (QED) is 0.653. The monoisotopic (exact) mass is 191 g/mol. The lowest BCUT2D eigenvalue weighted by molar-refractivity contribution is 0.934. The highest BCUT2D eigenvalue weighted by molar-refractivity contribution is 5.72. The standard InChI is InChI=1S/C8H9N5O/c1-2-5-11-6-4(7(14)12-5)3-10-8(9)13-6/h3H,2H2,1H3,(H3,9,10,11,12,13,14). The van der Waals surface area contributed by atoms with Gasteiger partial charge in [-0.1, -0.05) is 6.92 Å². The van der Waals surface area contributed by atoms with E-state index in [0.717, 1.165) is 0 Å². The Labute approximate surface area is 79.2 Å². The molecule has 0 amide bonds. The maximum Gasteiger partial charge on any atom is 0.261 e. The highest BCUT2D eigenvalue weighted by atomic mass is 16.1. The van der Waals surface area contributed by atoms with Crippen molar-refractivity contribution in [2.24, 2.45) is 0 Å². The van der Waals surface area contributed by atoms with Crippen molar-refractivity contribution in [1.29, 1.82) is 0 Å². The summed E-state index contributed by atoms with van der Waals surface area (Å²) in [6.45, 7) is 1.90. The molecule has 0 saturated heterocycles. The van der Waals surface area contributed by atoms with Gasteiger partial charge >= 0.3 is 0 Å². The molecule has 0 unspecified atom stereocenters. The zero-order chi connectivity index (χ0) is 10.1. The second kappa shape index (κ2) is 3.06. The van der Waals surface area contributed by atoms with E-state index in [0.29, 0.717) is 23.3 Å². The van der Waals surface area contributed by atoms with Gasteiger partial charge in [-0.3, -0.25) is 4.79 Å². The Balaban J connectivity index is 2.84. The molecule has 0 saturated carbocycles. The molecule has 2 aromatic rings. The zero-order valence-electron chi connectivity index (χ0n) is 7.61. The number of aryl methyl sites for hydroxylation is 1. The number of aromatic amines is 1. The SMILES string of the molecule is CCc1nc2nc(N)ncc2c(=O)[nH]1. The molecular formula is C8H9N5O. The van der Waals surface area contributed by atoms with E-state index in [2.05, 4.69) is 19.9 Å². The summed E-state index contributed by atoms with van der Waals surface area (Å²) in [6, 6.07) is 0. The van der Waals surface area contributed by atoms with Crippen LogP contribution in [-0.2, 0) is 6.42 Å². The van der Waals surface area contributed by atoms with E-state index in [-0.39, 0.29) is 11.5 Å². The van der Waals surface area contributed by atoms with Crippen molar-refractivity contribution >= 4 is 17.0 Å². The summed E-state index contributed by atoms with van der Waals surface area (Å²) in [4.78, 5) is 25.8. The van der Waals surface area contributed by atoms with E-state index in [4.69, 9.17) is 5.73 Å². The van der Waals surface area contributed by atoms with Crippen LogP contribution in [0, 0.1) is 0 Å². The van der Waals surface area contributed by atoms with Crippen LogP contribution in [0.15, 0.2) is 11.0 Å². The smallest absolute Gasteiger partial charge is 0.261 e. The molecule has 0 bridgehead atoms. The average molecular weight is 191 g/mol. The molecule has 72 valence electrons. The lowest BCUT2D eigenvalue weighted by Gasteiger charge is -1.99. The Morgan fingerprint density at radius 3 is 3.00 bits per heavy atom. The van der Waals surface area contributed by atoms with Crippen LogP contribution in [0.2, 0.25) is 0 Å². The van der Waals surface area contributed by atoms with Crippen molar-refractivity contribution in [2.45, 2.75) is 13.3 Å². The maximum atomic E-state index is 11.5. The molecule has 2 heterocycles. The molecule has 0 aromatic carbocycles. The summed E-state index contributed by atoms with van der Waals surface area (Å²) >= 11 is 0. The van der Waals surface area contributed by atoms with Crippen molar-refractivity contribution in [2.75, 3.05) is 5.73 Å². The summed E-state index contributed by atoms with van der Waals surface area (Å²) in [7, 11) is 0. The van der Waals surface area contributed by atoms with Crippen molar-refractivity contribution < 1.29 is 0 Å². The van der Waals surface area contributed by atoms with Gasteiger partial charge < -0.3 is 10.7 Å². The number of nitrogens with one attached hydrogen (secondary N) is 1. The summed E-state index contributed by atoms with van der Waals surface area (Å²) in [5, 5.41) is 0.358. The second-order valence-corrected chi connectivity index (χ2v) is 2.83. The Morgan fingerprint density at radius 2 is 2.29 bits per heavy atom. The Kier molecular flexibility index (Phi) is 1.88. The Morgan fingerprint density at radius 1 is 1.50 bits per heavy atom. The lowest BCUT2D eigenvalue weighted by Crippen LogP contribution is -2.13. The molecular weight excluding hydrogens is 182 g/mol. The molecule has 0 aliphatic heterocycles. The first-order valence-corrected chi connectivity index (χ1v) is 4.22. The normalized spacial score (nSPS) is 10.6. The number of hydrogen-bond acceptors (Lipinski definition) is 5. The fraction of sp³-hybridized carbons (Fsp3) is 0.250. The number of hydrogen-bond donors (Lipinski definition) is 2. The van der Waals surface area contributed by atoms with Crippen molar-refractivity contribution in [1.82, 2.24) is 19.9 Å². The van der Waals surface area contributed by atoms with Gasteiger partial charge in [-0.05, 0) is 0 Å². The molecule has 0 aliphatic rings. The number of anilines is 1. The van der Waals surface area contributed by atoms with Gasteiger partial charge in [-0.25, -0.2) is 9.97 Å². The zero-order valence-corrected chi connectivity index (χ0v) is 7.61. The molecule has 6 heteroatoms. The van der Waals surface area contributed by atoms with Gasteiger partial charge in [0.1, 0.15) is 11.2 Å². The van der Waals surface area contributed by atoms with E-state index in [1.807, 2.05) is 6.92 Å². The minimum absolute atomic E-state index is 0.123. The summed E-state index contributed by atoms with van der Waals surface area (Å²) in [6.07, 6.45) is 2.03. The minimum atomic E-state index is -0.230. The van der Waals surface area contributed by atoms with E-state index < -0.39 is 0 Å². The predicted molar refractivity (Wildman–Crippen MR) is 51.7 cm³/mol. The van der Waals surface area contributed by atoms with Crippen LogP contribution in [0.4, 0.5) is 5.95 Å². The summed E-state index contributed by atoms with van der Waals surface area (Å²) < 4.78 is 0. The molecule has 3 N–H and O–H groups in total. The third-order valence-electron chi connectivity index (χ3n) is 1.87. The number of nitrogen functional groups attached to an aromatic ring is 1. The largest absolute Gasteiger partial charge is 0.368 e. The summed E-state index contributed by atoms with van der Waals surface area (Å²) in [5.41, 5.74) is 5.51. The number of H-pyrrole nitrogens is 1. The van der Waals surface area contributed by atoms with Crippen LogP contribution in [0.1, 0.15) is 12.7 Å². The van der Waals surface area contributed by atoms with Crippen LogP contribution >= 0.6 is 0 Å². The van der Waals surface area contributed by atoms with E-state index in [1.165, 1.54) is 6.20 Å². The average Bonchev–Trinajstić information content (AvgIpc) is 2.16. The van der Waals surface area contributed by atoms with Crippen LogP contribution in [0.5, 0.6) is 0 Å². The number of rotatable bonds is 1. The number of fused-ring (bicyclic) bond motifs is 1. The molecule has 0 spiro atoms. The van der Waals surface area contributed by atoms with Gasteiger partial charge in [0.2, 0.25) is 5.95 Å². The molecule has 2 aromatic heterocycles.